The van der Waals surface area contributed by atoms with Crippen LogP contribution >= 0.6 is 0 Å². The quantitative estimate of drug-likeness (QED) is 0.897. The molecule has 0 aromatic heterocycles. The van der Waals surface area contributed by atoms with Gasteiger partial charge < -0.3 is 10.2 Å². The normalized spacial score (nSPS) is 27.1. The Balaban J connectivity index is 1.76. The number of hydrogen-bond donors (Lipinski definition) is 1. The summed E-state index contributed by atoms with van der Waals surface area (Å²) in [6, 6.07) is 10.6. The third-order valence-corrected chi connectivity index (χ3v) is 5.00. The van der Waals surface area contributed by atoms with Crippen LogP contribution in [0.5, 0.6) is 0 Å². The molecular weight excluding hydrogens is 244 g/mol. The Hall–Kier alpha value is -1.02. The second-order valence-corrected chi connectivity index (χ2v) is 6.81. The van der Waals surface area contributed by atoms with Crippen LogP contribution in [-0.2, 0) is 0 Å². The fourth-order valence-electron chi connectivity index (χ4n) is 3.37. The summed E-state index contributed by atoms with van der Waals surface area (Å²) in [5.74, 6) is 1.55. The van der Waals surface area contributed by atoms with E-state index >= 15 is 0 Å². The first-order valence-electron chi connectivity index (χ1n) is 8.29. The van der Waals surface area contributed by atoms with E-state index < -0.39 is 0 Å². The molecule has 2 heteroatoms. The lowest BCUT2D eigenvalue weighted by molar-refractivity contribution is 0.360. The highest BCUT2D eigenvalue weighted by molar-refractivity contribution is 5.50. The van der Waals surface area contributed by atoms with Crippen molar-refractivity contribution in [2.75, 3.05) is 18.0 Å². The first-order chi connectivity index (χ1) is 9.69. The molecule has 2 nitrogen and oxygen atoms in total. The minimum Gasteiger partial charge on any atom is -0.366 e. The fraction of sp³-hybridized carbons (Fsp3) is 0.667. The van der Waals surface area contributed by atoms with E-state index in [2.05, 4.69) is 55.3 Å². The van der Waals surface area contributed by atoms with Crippen molar-refractivity contribution in [2.45, 2.75) is 58.0 Å². The van der Waals surface area contributed by atoms with E-state index in [-0.39, 0.29) is 0 Å². The third-order valence-electron chi connectivity index (χ3n) is 5.00. The van der Waals surface area contributed by atoms with E-state index in [4.69, 9.17) is 0 Å². The molecule has 1 N–H and O–H groups in total. The summed E-state index contributed by atoms with van der Waals surface area (Å²) in [5, 5.41) is 3.77. The molecule has 0 radical (unpaired) electrons. The van der Waals surface area contributed by atoms with Gasteiger partial charge in [0.2, 0.25) is 0 Å². The predicted octanol–water partition coefficient (Wildman–Crippen LogP) is 3.78. The highest BCUT2D eigenvalue weighted by Crippen LogP contribution is 2.35. The maximum Gasteiger partial charge on any atom is 0.0412 e. The molecule has 1 aromatic carbocycles. The summed E-state index contributed by atoms with van der Waals surface area (Å²) in [7, 11) is 0. The van der Waals surface area contributed by atoms with Gasteiger partial charge in [0.05, 0.1) is 0 Å². The van der Waals surface area contributed by atoms with Gasteiger partial charge in [-0.05, 0) is 48.8 Å². The van der Waals surface area contributed by atoms with Gasteiger partial charge in [0, 0.05) is 30.9 Å². The van der Waals surface area contributed by atoms with Gasteiger partial charge >= 0.3 is 0 Å². The van der Waals surface area contributed by atoms with Gasteiger partial charge in [0.15, 0.2) is 0 Å². The number of anilines is 1. The van der Waals surface area contributed by atoms with Crippen LogP contribution in [0.4, 0.5) is 5.69 Å². The number of nitrogens with one attached hydrogen (secondary N) is 1. The SMILES string of the molecule is CCC1CNC(C2CC2)CN1c1ccc(C(C)C)cc1. The maximum atomic E-state index is 3.77. The monoisotopic (exact) mass is 272 g/mol. The molecule has 1 aliphatic heterocycles. The molecule has 1 heterocycles. The second-order valence-electron chi connectivity index (χ2n) is 6.81. The van der Waals surface area contributed by atoms with Crippen molar-refractivity contribution in [2.24, 2.45) is 5.92 Å². The highest BCUT2D eigenvalue weighted by Gasteiger charge is 2.36. The first-order valence-corrected chi connectivity index (χ1v) is 8.29. The van der Waals surface area contributed by atoms with Crippen LogP contribution in [0.25, 0.3) is 0 Å². The molecule has 110 valence electrons. The van der Waals surface area contributed by atoms with E-state index in [0.29, 0.717) is 18.0 Å². The number of rotatable bonds is 4. The molecule has 1 saturated carbocycles. The van der Waals surface area contributed by atoms with Crippen molar-refractivity contribution in [3.8, 4) is 0 Å². The molecule has 2 aliphatic rings. The zero-order chi connectivity index (χ0) is 14.1. The number of nitrogens with zero attached hydrogens (tertiary/aromatic N) is 1. The highest BCUT2D eigenvalue weighted by atomic mass is 15.2. The molecule has 3 rings (SSSR count). The zero-order valence-electron chi connectivity index (χ0n) is 13.1. The van der Waals surface area contributed by atoms with Crippen LogP contribution in [0.1, 0.15) is 51.5 Å². The Morgan fingerprint density at radius 2 is 1.90 bits per heavy atom. The molecule has 1 saturated heterocycles. The Morgan fingerprint density at radius 1 is 1.20 bits per heavy atom. The molecule has 1 aromatic rings. The summed E-state index contributed by atoms with van der Waals surface area (Å²) >= 11 is 0. The van der Waals surface area contributed by atoms with Gasteiger partial charge in [-0.25, -0.2) is 0 Å². The Bertz CT molecular complexity index is 433. The van der Waals surface area contributed by atoms with Crippen molar-refractivity contribution in [3.05, 3.63) is 29.8 Å². The van der Waals surface area contributed by atoms with Gasteiger partial charge in [-0.1, -0.05) is 32.9 Å². The van der Waals surface area contributed by atoms with Crippen molar-refractivity contribution >= 4 is 5.69 Å². The molecule has 0 amide bonds. The minimum atomic E-state index is 0.619. The van der Waals surface area contributed by atoms with Gasteiger partial charge in [-0.3, -0.25) is 0 Å². The summed E-state index contributed by atoms with van der Waals surface area (Å²) in [5.41, 5.74) is 2.85. The average Bonchev–Trinajstić information content (AvgIpc) is 3.31. The Kier molecular flexibility index (Phi) is 4.02. The van der Waals surface area contributed by atoms with Crippen LogP contribution in [0.3, 0.4) is 0 Å². The Morgan fingerprint density at radius 3 is 2.45 bits per heavy atom. The lowest BCUT2D eigenvalue weighted by Gasteiger charge is -2.42. The van der Waals surface area contributed by atoms with Crippen LogP contribution in [0, 0.1) is 5.92 Å². The number of piperazine rings is 1. The second kappa shape index (κ2) is 5.77. The molecular formula is C18H28N2. The van der Waals surface area contributed by atoms with Crippen LogP contribution in [-0.4, -0.2) is 25.2 Å². The largest absolute Gasteiger partial charge is 0.366 e. The van der Waals surface area contributed by atoms with Gasteiger partial charge in [0.25, 0.3) is 0 Å². The van der Waals surface area contributed by atoms with Crippen molar-refractivity contribution in [1.82, 2.24) is 5.32 Å². The van der Waals surface area contributed by atoms with E-state index in [0.717, 1.165) is 12.5 Å². The lowest BCUT2D eigenvalue weighted by atomic mass is 10.00. The standard InChI is InChI=1S/C18H28N2/c1-4-16-11-19-18(15-5-6-15)12-20(16)17-9-7-14(8-10-17)13(2)3/h7-10,13,15-16,18-19H,4-6,11-12H2,1-3H3. The summed E-state index contributed by atoms with van der Waals surface area (Å²) in [6.45, 7) is 9.16. The van der Waals surface area contributed by atoms with Crippen LogP contribution in [0.15, 0.2) is 24.3 Å². The number of hydrogen-bond acceptors (Lipinski definition) is 2. The maximum absolute atomic E-state index is 3.77. The van der Waals surface area contributed by atoms with Gasteiger partial charge in [-0.15, -0.1) is 0 Å². The fourth-order valence-corrected chi connectivity index (χ4v) is 3.37. The van der Waals surface area contributed by atoms with E-state index in [1.165, 1.54) is 37.1 Å². The van der Waals surface area contributed by atoms with Crippen molar-refractivity contribution in [3.63, 3.8) is 0 Å². The third kappa shape index (κ3) is 2.85. The molecule has 2 atom stereocenters. The van der Waals surface area contributed by atoms with Crippen molar-refractivity contribution < 1.29 is 0 Å². The molecule has 1 aliphatic carbocycles. The zero-order valence-corrected chi connectivity index (χ0v) is 13.1. The predicted molar refractivity (Wildman–Crippen MR) is 86.5 cm³/mol. The molecule has 2 unspecified atom stereocenters. The lowest BCUT2D eigenvalue weighted by Crippen LogP contribution is -2.57. The molecule has 0 spiro atoms. The summed E-state index contributed by atoms with van der Waals surface area (Å²) in [6.07, 6.45) is 4.07. The minimum absolute atomic E-state index is 0.619. The molecule has 20 heavy (non-hydrogen) atoms. The van der Waals surface area contributed by atoms with Crippen molar-refractivity contribution in [1.29, 1.82) is 0 Å². The van der Waals surface area contributed by atoms with Crippen LogP contribution in [0.2, 0.25) is 0 Å². The smallest absolute Gasteiger partial charge is 0.0412 e. The number of benzene rings is 1. The Labute approximate surface area is 123 Å². The topological polar surface area (TPSA) is 15.3 Å². The average molecular weight is 272 g/mol. The van der Waals surface area contributed by atoms with E-state index in [1.54, 1.807) is 0 Å². The van der Waals surface area contributed by atoms with E-state index in [9.17, 15) is 0 Å². The van der Waals surface area contributed by atoms with Gasteiger partial charge in [-0.2, -0.15) is 0 Å². The van der Waals surface area contributed by atoms with Crippen LogP contribution < -0.4 is 10.2 Å². The van der Waals surface area contributed by atoms with Gasteiger partial charge in [0.1, 0.15) is 0 Å². The van der Waals surface area contributed by atoms with E-state index in [1.807, 2.05) is 0 Å². The summed E-state index contributed by atoms with van der Waals surface area (Å²) in [4.78, 5) is 2.64. The molecule has 2 fully saturated rings. The molecule has 0 bridgehead atoms. The first kappa shape index (κ1) is 13.9. The summed E-state index contributed by atoms with van der Waals surface area (Å²) < 4.78 is 0.